The van der Waals surface area contributed by atoms with Crippen LogP contribution in [0.25, 0.3) is 0 Å². The fourth-order valence-electron chi connectivity index (χ4n) is 1.21. The van der Waals surface area contributed by atoms with Crippen LogP contribution in [0.1, 0.15) is 5.56 Å². The van der Waals surface area contributed by atoms with Crippen LogP contribution in [0.5, 0.6) is 0 Å². The summed E-state index contributed by atoms with van der Waals surface area (Å²) in [5.74, 6) is 0. The maximum absolute atomic E-state index is 4.24. The number of nitrogens with zero attached hydrogens (tertiary/aromatic N) is 1. The van der Waals surface area contributed by atoms with Gasteiger partial charge in [0.05, 0.1) is 5.69 Å². The molecule has 1 heterocycles. The van der Waals surface area contributed by atoms with Crippen LogP contribution in [0.15, 0.2) is 23.2 Å². The zero-order valence-electron chi connectivity index (χ0n) is 5.96. The van der Waals surface area contributed by atoms with Crippen molar-refractivity contribution in [2.45, 2.75) is 6.42 Å². The largest absolute Gasteiger partial charge is 0.261 e. The Morgan fingerprint density at radius 1 is 1.40 bits per heavy atom. The first-order valence-corrected chi connectivity index (χ1v) is 3.48. The molecule has 1 nitrogen and oxygen atoms in total. The maximum Gasteiger partial charge on any atom is 0.139 e. The number of hydrogen-bond donors (Lipinski definition) is 0. The standard InChI is InChI=1S/C8H8BN/c9-7-2-1-6-3-4-10-8(6)5-7/h1-2,4-5H,3,9H2. The van der Waals surface area contributed by atoms with E-state index in [9.17, 15) is 0 Å². The van der Waals surface area contributed by atoms with E-state index in [1.807, 2.05) is 6.21 Å². The first-order valence-electron chi connectivity index (χ1n) is 3.48. The van der Waals surface area contributed by atoms with E-state index in [2.05, 4.69) is 31.0 Å². The number of hydrogen-bond acceptors (Lipinski definition) is 1. The van der Waals surface area contributed by atoms with Crippen molar-refractivity contribution in [1.29, 1.82) is 0 Å². The van der Waals surface area contributed by atoms with Gasteiger partial charge in [-0.05, 0) is 11.6 Å². The average molecular weight is 129 g/mol. The Balaban J connectivity index is 2.60. The Labute approximate surface area is 61.2 Å². The summed E-state index contributed by atoms with van der Waals surface area (Å²) in [7, 11) is 2.09. The molecule has 0 aromatic heterocycles. The summed E-state index contributed by atoms with van der Waals surface area (Å²) >= 11 is 0. The normalized spacial score (nSPS) is 13.6. The molecule has 0 aliphatic carbocycles. The molecule has 1 aromatic rings. The van der Waals surface area contributed by atoms with Gasteiger partial charge in [0, 0.05) is 12.6 Å². The molecule has 0 bridgehead atoms. The molecule has 1 aliphatic rings. The summed E-state index contributed by atoms with van der Waals surface area (Å²) in [5.41, 5.74) is 3.79. The van der Waals surface area contributed by atoms with E-state index in [0.29, 0.717) is 0 Å². The molecule has 1 aliphatic heterocycles. The van der Waals surface area contributed by atoms with Crippen LogP contribution in [-0.2, 0) is 6.42 Å². The zero-order valence-corrected chi connectivity index (χ0v) is 5.96. The van der Waals surface area contributed by atoms with Crippen LogP contribution >= 0.6 is 0 Å². The molecule has 48 valence electrons. The number of aliphatic imine (C=N–C) groups is 1. The van der Waals surface area contributed by atoms with Gasteiger partial charge in [0.15, 0.2) is 0 Å². The molecule has 0 atom stereocenters. The van der Waals surface area contributed by atoms with E-state index < -0.39 is 0 Å². The molecule has 0 radical (unpaired) electrons. The lowest BCUT2D eigenvalue weighted by molar-refractivity contribution is 1.42. The van der Waals surface area contributed by atoms with Crippen molar-refractivity contribution >= 4 is 25.2 Å². The van der Waals surface area contributed by atoms with Crippen molar-refractivity contribution in [3.8, 4) is 0 Å². The van der Waals surface area contributed by atoms with E-state index in [1.165, 1.54) is 11.0 Å². The van der Waals surface area contributed by atoms with Gasteiger partial charge in [-0.1, -0.05) is 17.6 Å². The fraction of sp³-hybridized carbons (Fsp3) is 0.125. The quantitative estimate of drug-likeness (QED) is 0.444. The van der Waals surface area contributed by atoms with E-state index in [0.717, 1.165) is 12.1 Å². The molecule has 2 rings (SSSR count). The molecule has 2 heteroatoms. The van der Waals surface area contributed by atoms with Gasteiger partial charge in [0.25, 0.3) is 0 Å². The van der Waals surface area contributed by atoms with Gasteiger partial charge in [-0.15, -0.1) is 0 Å². The van der Waals surface area contributed by atoms with E-state index >= 15 is 0 Å². The molecule has 10 heavy (non-hydrogen) atoms. The number of benzene rings is 1. The Bertz CT molecular complexity index is 291. The highest BCUT2D eigenvalue weighted by Crippen LogP contribution is 2.21. The molecule has 0 saturated carbocycles. The predicted molar refractivity (Wildman–Crippen MR) is 46.5 cm³/mol. The Morgan fingerprint density at radius 2 is 2.30 bits per heavy atom. The van der Waals surface area contributed by atoms with E-state index in [-0.39, 0.29) is 0 Å². The van der Waals surface area contributed by atoms with Gasteiger partial charge in [0.2, 0.25) is 0 Å². The second-order valence-electron chi connectivity index (χ2n) is 2.65. The average Bonchev–Trinajstić information content (AvgIpc) is 2.33. The van der Waals surface area contributed by atoms with Gasteiger partial charge in [-0.3, -0.25) is 4.99 Å². The topological polar surface area (TPSA) is 12.4 Å². The van der Waals surface area contributed by atoms with Crippen molar-refractivity contribution in [2.75, 3.05) is 0 Å². The van der Waals surface area contributed by atoms with Crippen molar-refractivity contribution in [1.82, 2.24) is 0 Å². The third-order valence-corrected chi connectivity index (χ3v) is 1.78. The minimum atomic E-state index is 1.01. The van der Waals surface area contributed by atoms with Gasteiger partial charge in [0.1, 0.15) is 7.85 Å². The lowest BCUT2D eigenvalue weighted by Gasteiger charge is -1.96. The van der Waals surface area contributed by atoms with Gasteiger partial charge >= 0.3 is 0 Å². The molecule has 0 N–H and O–H groups in total. The molecular weight excluding hydrogens is 121 g/mol. The molecular formula is C8H8BN. The predicted octanol–water partition coefficient (Wildman–Crippen LogP) is 0.203. The Morgan fingerprint density at radius 3 is 3.20 bits per heavy atom. The van der Waals surface area contributed by atoms with Gasteiger partial charge in [-0.2, -0.15) is 0 Å². The monoisotopic (exact) mass is 129 g/mol. The second kappa shape index (κ2) is 1.98. The number of rotatable bonds is 0. The van der Waals surface area contributed by atoms with E-state index in [1.54, 1.807) is 0 Å². The van der Waals surface area contributed by atoms with Crippen LogP contribution < -0.4 is 5.46 Å². The van der Waals surface area contributed by atoms with Crippen LogP contribution in [0, 0.1) is 0 Å². The summed E-state index contributed by atoms with van der Waals surface area (Å²) in [6.45, 7) is 0. The first-order chi connectivity index (χ1) is 4.86. The van der Waals surface area contributed by atoms with Crippen LogP contribution in [0.2, 0.25) is 0 Å². The van der Waals surface area contributed by atoms with Crippen LogP contribution in [0.3, 0.4) is 0 Å². The molecule has 0 unspecified atom stereocenters. The zero-order chi connectivity index (χ0) is 6.97. The van der Waals surface area contributed by atoms with Crippen molar-refractivity contribution in [3.05, 3.63) is 23.8 Å². The van der Waals surface area contributed by atoms with Gasteiger partial charge < -0.3 is 0 Å². The van der Waals surface area contributed by atoms with Crippen molar-refractivity contribution in [3.63, 3.8) is 0 Å². The third kappa shape index (κ3) is 0.765. The van der Waals surface area contributed by atoms with Gasteiger partial charge in [-0.25, -0.2) is 0 Å². The maximum atomic E-state index is 4.24. The minimum absolute atomic E-state index is 1.01. The lowest BCUT2D eigenvalue weighted by Crippen LogP contribution is -1.99. The first kappa shape index (κ1) is 5.72. The van der Waals surface area contributed by atoms with Crippen molar-refractivity contribution in [2.24, 2.45) is 4.99 Å². The summed E-state index contributed by atoms with van der Waals surface area (Å²) < 4.78 is 0. The molecule has 0 spiro atoms. The summed E-state index contributed by atoms with van der Waals surface area (Å²) in [6.07, 6.45) is 2.97. The van der Waals surface area contributed by atoms with Crippen LogP contribution in [-0.4, -0.2) is 14.1 Å². The summed E-state index contributed by atoms with van der Waals surface area (Å²) in [5, 5.41) is 0. The third-order valence-electron chi connectivity index (χ3n) is 1.78. The Hall–Kier alpha value is -1.05. The molecule has 0 saturated heterocycles. The highest BCUT2D eigenvalue weighted by Gasteiger charge is 2.03. The van der Waals surface area contributed by atoms with E-state index in [4.69, 9.17) is 0 Å². The summed E-state index contributed by atoms with van der Waals surface area (Å²) in [4.78, 5) is 4.24. The highest BCUT2D eigenvalue weighted by atomic mass is 14.7. The molecule has 0 amide bonds. The molecule has 1 aromatic carbocycles. The Kier molecular flexibility index (Phi) is 1.13. The lowest BCUT2D eigenvalue weighted by atomic mass is 9.94. The SMILES string of the molecule is Bc1ccc2c(c1)N=CC2. The highest BCUT2D eigenvalue weighted by molar-refractivity contribution is 6.32. The number of fused-ring (bicyclic) bond motifs is 1. The van der Waals surface area contributed by atoms with Crippen molar-refractivity contribution < 1.29 is 0 Å². The minimum Gasteiger partial charge on any atom is -0.261 e. The fourth-order valence-corrected chi connectivity index (χ4v) is 1.21. The second-order valence-corrected chi connectivity index (χ2v) is 2.65. The van der Waals surface area contributed by atoms with Crippen LogP contribution in [0.4, 0.5) is 5.69 Å². The smallest absolute Gasteiger partial charge is 0.139 e. The molecule has 0 fully saturated rings. The summed E-state index contributed by atoms with van der Waals surface area (Å²) in [6, 6.07) is 6.41.